The zero-order chi connectivity index (χ0) is 20.7. The minimum absolute atomic E-state index is 0.168. The van der Waals surface area contributed by atoms with Crippen LogP contribution in [0.25, 0.3) is 16.9 Å². The van der Waals surface area contributed by atoms with E-state index in [0.717, 1.165) is 50.1 Å². The van der Waals surface area contributed by atoms with Crippen LogP contribution in [0, 0.1) is 11.7 Å². The molecule has 0 spiro atoms. The summed E-state index contributed by atoms with van der Waals surface area (Å²) < 4.78 is 21.6. The maximum Gasteiger partial charge on any atom is 0.291 e. The van der Waals surface area contributed by atoms with E-state index < -0.39 is 0 Å². The lowest BCUT2D eigenvalue weighted by Gasteiger charge is -2.31. The molecule has 30 heavy (non-hydrogen) atoms. The highest BCUT2D eigenvalue weighted by atomic mass is 19.1. The molecule has 1 atom stereocenters. The number of aromatic nitrogens is 4. The van der Waals surface area contributed by atoms with Gasteiger partial charge in [0.15, 0.2) is 0 Å². The molecule has 0 saturated carbocycles. The summed E-state index contributed by atoms with van der Waals surface area (Å²) in [6.07, 6.45) is 4.37. The van der Waals surface area contributed by atoms with Crippen molar-refractivity contribution in [1.82, 2.24) is 30.1 Å². The van der Waals surface area contributed by atoms with Crippen molar-refractivity contribution in [2.24, 2.45) is 5.92 Å². The van der Waals surface area contributed by atoms with Crippen LogP contribution in [0.5, 0.6) is 0 Å². The smallest absolute Gasteiger partial charge is 0.291 e. The normalized spacial score (nSPS) is 21.3. The van der Waals surface area contributed by atoms with Crippen LogP contribution in [0.15, 0.2) is 22.7 Å². The lowest BCUT2D eigenvalue weighted by molar-refractivity contribution is 0.191. The van der Waals surface area contributed by atoms with Gasteiger partial charge < -0.3 is 9.84 Å². The second-order valence-corrected chi connectivity index (χ2v) is 8.91. The fourth-order valence-electron chi connectivity index (χ4n) is 4.91. The highest BCUT2D eigenvalue weighted by Gasteiger charge is 2.30. The third-order valence-electron chi connectivity index (χ3n) is 6.48. The third kappa shape index (κ3) is 3.63. The molecule has 0 radical (unpaired) electrons. The van der Waals surface area contributed by atoms with Gasteiger partial charge in [-0.3, -0.25) is 4.90 Å². The first-order chi connectivity index (χ1) is 14.6. The van der Waals surface area contributed by atoms with Crippen molar-refractivity contribution in [2.45, 2.75) is 51.5 Å². The maximum atomic E-state index is 14.6. The molecular weight excluding hydrogens is 383 g/mol. The number of nitrogens with one attached hydrogen (secondary N) is 1. The summed E-state index contributed by atoms with van der Waals surface area (Å²) in [4.78, 5) is 7.19. The van der Waals surface area contributed by atoms with E-state index in [4.69, 9.17) is 4.52 Å². The number of fused-ring (bicyclic) bond motifs is 1. The van der Waals surface area contributed by atoms with E-state index in [-0.39, 0.29) is 11.7 Å². The first-order valence-electron chi connectivity index (χ1n) is 11.0. The van der Waals surface area contributed by atoms with Gasteiger partial charge in [0.25, 0.3) is 5.95 Å². The SMILES string of the molecule is CC(C)c1nn(-c2noc(C[C@H]3CCN(C4CCNCC4)C3)n2)c2c(F)cccc12. The Morgan fingerprint density at radius 1 is 1.23 bits per heavy atom. The van der Waals surface area contributed by atoms with Crippen LogP contribution in [0.3, 0.4) is 0 Å². The summed E-state index contributed by atoms with van der Waals surface area (Å²) in [6, 6.07) is 5.75. The minimum atomic E-state index is -0.327. The fourth-order valence-corrected chi connectivity index (χ4v) is 4.91. The van der Waals surface area contributed by atoms with Gasteiger partial charge >= 0.3 is 0 Å². The molecule has 4 heterocycles. The van der Waals surface area contributed by atoms with Crippen molar-refractivity contribution >= 4 is 10.9 Å². The molecule has 2 aliphatic rings. The Bertz CT molecular complexity index is 1020. The van der Waals surface area contributed by atoms with Crippen molar-refractivity contribution in [1.29, 1.82) is 0 Å². The molecule has 0 bridgehead atoms. The Kier molecular flexibility index (Phi) is 5.28. The van der Waals surface area contributed by atoms with Gasteiger partial charge in [0.1, 0.15) is 11.3 Å². The quantitative estimate of drug-likeness (QED) is 0.693. The van der Waals surface area contributed by atoms with Gasteiger partial charge in [-0.05, 0) is 62.0 Å². The molecule has 0 amide bonds. The Hall–Kier alpha value is -2.32. The average Bonchev–Trinajstić information content (AvgIpc) is 3.47. The summed E-state index contributed by atoms with van der Waals surface area (Å²) in [5, 5.41) is 13.0. The molecule has 2 aliphatic heterocycles. The van der Waals surface area contributed by atoms with E-state index in [2.05, 4.69) is 25.5 Å². The first kappa shape index (κ1) is 19.6. The zero-order valence-corrected chi connectivity index (χ0v) is 17.6. The van der Waals surface area contributed by atoms with Crippen molar-refractivity contribution in [3.8, 4) is 5.95 Å². The molecule has 8 heteroatoms. The number of hydrogen-bond acceptors (Lipinski definition) is 6. The van der Waals surface area contributed by atoms with Gasteiger partial charge in [0, 0.05) is 24.4 Å². The number of nitrogens with zero attached hydrogens (tertiary/aromatic N) is 5. The first-order valence-corrected chi connectivity index (χ1v) is 11.0. The molecule has 160 valence electrons. The predicted octanol–water partition coefficient (Wildman–Crippen LogP) is 3.29. The van der Waals surface area contributed by atoms with Crippen molar-refractivity contribution in [2.75, 3.05) is 26.2 Å². The van der Waals surface area contributed by atoms with Crippen LogP contribution in [0.2, 0.25) is 0 Å². The molecule has 1 N–H and O–H groups in total. The lowest BCUT2D eigenvalue weighted by atomic mass is 10.0. The topological polar surface area (TPSA) is 72.0 Å². The summed E-state index contributed by atoms with van der Waals surface area (Å²) in [5.41, 5.74) is 1.25. The summed E-state index contributed by atoms with van der Waals surface area (Å²) in [6.45, 7) is 8.55. The number of rotatable bonds is 5. The summed E-state index contributed by atoms with van der Waals surface area (Å²) >= 11 is 0. The number of likely N-dealkylation sites (tertiary alicyclic amines) is 1. The van der Waals surface area contributed by atoms with Crippen LogP contribution >= 0.6 is 0 Å². The lowest BCUT2D eigenvalue weighted by Crippen LogP contribution is -2.42. The van der Waals surface area contributed by atoms with E-state index in [1.165, 1.54) is 23.6 Å². The van der Waals surface area contributed by atoms with Crippen LogP contribution in [-0.4, -0.2) is 57.0 Å². The Labute approximate surface area is 175 Å². The highest BCUT2D eigenvalue weighted by molar-refractivity contribution is 5.84. The van der Waals surface area contributed by atoms with Gasteiger partial charge in [-0.15, -0.1) is 0 Å². The van der Waals surface area contributed by atoms with Crippen molar-refractivity contribution in [3.63, 3.8) is 0 Å². The monoisotopic (exact) mass is 412 g/mol. The largest absolute Gasteiger partial charge is 0.337 e. The predicted molar refractivity (Wildman–Crippen MR) is 112 cm³/mol. The standard InChI is InChI=1S/C22H29FN6O/c1-14(2)20-17-4-3-5-18(23)21(17)29(26-20)22-25-19(30-27-22)12-15-8-11-28(13-15)16-6-9-24-10-7-16/h3-5,14-16,24H,6-13H2,1-2H3/t15-/m1/s1. The van der Waals surface area contributed by atoms with Crippen LogP contribution < -0.4 is 5.32 Å². The van der Waals surface area contributed by atoms with Crippen molar-refractivity contribution < 1.29 is 8.91 Å². The molecule has 2 saturated heterocycles. The van der Waals surface area contributed by atoms with E-state index >= 15 is 0 Å². The molecule has 2 aromatic heterocycles. The average molecular weight is 413 g/mol. The van der Waals surface area contributed by atoms with E-state index in [9.17, 15) is 4.39 Å². The number of para-hydroxylation sites is 1. The number of halogens is 1. The Morgan fingerprint density at radius 2 is 2.07 bits per heavy atom. The molecule has 2 fully saturated rings. The van der Waals surface area contributed by atoms with Crippen LogP contribution in [-0.2, 0) is 6.42 Å². The van der Waals surface area contributed by atoms with Gasteiger partial charge in [-0.2, -0.15) is 14.8 Å². The molecule has 0 aliphatic carbocycles. The van der Waals surface area contributed by atoms with Crippen LogP contribution in [0.4, 0.5) is 4.39 Å². The van der Waals surface area contributed by atoms with Crippen LogP contribution in [0.1, 0.15) is 50.6 Å². The molecule has 1 aromatic carbocycles. The number of hydrogen-bond donors (Lipinski definition) is 1. The molecule has 7 nitrogen and oxygen atoms in total. The highest BCUT2D eigenvalue weighted by Crippen LogP contribution is 2.29. The maximum absolute atomic E-state index is 14.6. The minimum Gasteiger partial charge on any atom is -0.337 e. The van der Waals surface area contributed by atoms with E-state index in [1.54, 1.807) is 6.07 Å². The summed E-state index contributed by atoms with van der Waals surface area (Å²) in [5.74, 6) is 1.27. The Morgan fingerprint density at radius 3 is 2.87 bits per heavy atom. The third-order valence-corrected chi connectivity index (χ3v) is 6.48. The summed E-state index contributed by atoms with van der Waals surface area (Å²) in [7, 11) is 0. The van der Waals surface area contributed by atoms with E-state index in [0.29, 0.717) is 29.3 Å². The van der Waals surface area contributed by atoms with E-state index in [1.807, 2.05) is 19.9 Å². The molecule has 0 unspecified atom stereocenters. The van der Waals surface area contributed by atoms with Gasteiger partial charge in [-0.25, -0.2) is 4.39 Å². The van der Waals surface area contributed by atoms with Gasteiger partial charge in [-0.1, -0.05) is 26.0 Å². The molecule has 3 aromatic rings. The molecular formula is C22H29FN6O. The van der Waals surface area contributed by atoms with Crippen molar-refractivity contribution in [3.05, 3.63) is 35.6 Å². The molecule has 5 rings (SSSR count). The zero-order valence-electron chi connectivity index (χ0n) is 17.6. The number of benzene rings is 1. The van der Waals surface area contributed by atoms with Gasteiger partial charge in [0.2, 0.25) is 5.89 Å². The second-order valence-electron chi connectivity index (χ2n) is 8.91. The second kappa shape index (κ2) is 8.07. The Balaban J connectivity index is 1.34. The van der Waals surface area contributed by atoms with Gasteiger partial charge in [0.05, 0.1) is 5.69 Å². The fraction of sp³-hybridized carbons (Fsp3) is 0.591. The number of piperidine rings is 1.